The van der Waals surface area contributed by atoms with Crippen molar-refractivity contribution < 1.29 is 14.6 Å². The third-order valence-electron chi connectivity index (χ3n) is 5.90. The van der Waals surface area contributed by atoms with Crippen LogP contribution in [0.1, 0.15) is 28.7 Å². The van der Waals surface area contributed by atoms with Gasteiger partial charge in [0.25, 0.3) is 0 Å². The summed E-state index contributed by atoms with van der Waals surface area (Å²) in [6, 6.07) is 8.40. The topological polar surface area (TPSA) is 59.4 Å². The van der Waals surface area contributed by atoms with Gasteiger partial charge in [-0.15, -0.1) is 11.3 Å². The van der Waals surface area contributed by atoms with Crippen LogP contribution in [0.2, 0.25) is 0 Å². The normalized spacial score (nSPS) is 13.4. The van der Waals surface area contributed by atoms with Gasteiger partial charge in [-0.3, -0.25) is 9.78 Å². The zero-order chi connectivity index (χ0) is 20.1. The van der Waals surface area contributed by atoms with Crippen LogP contribution in [0.15, 0.2) is 35.8 Å². The lowest BCUT2D eigenvalue weighted by Gasteiger charge is -2.22. The van der Waals surface area contributed by atoms with Gasteiger partial charge in [0.05, 0.1) is 23.2 Å². The number of rotatable bonds is 3. The highest BCUT2D eigenvalue weighted by molar-refractivity contribution is 7.17. The van der Waals surface area contributed by atoms with E-state index in [1.807, 2.05) is 19.2 Å². The molecule has 4 nitrogen and oxygen atoms in total. The first-order valence-electron chi connectivity index (χ1n) is 9.80. The number of pyridine rings is 1. The van der Waals surface area contributed by atoms with E-state index >= 15 is 0 Å². The summed E-state index contributed by atoms with van der Waals surface area (Å²) in [5, 5.41) is 14.0. The van der Waals surface area contributed by atoms with Crippen LogP contribution < -0.4 is 4.74 Å². The summed E-state index contributed by atoms with van der Waals surface area (Å²) in [6.45, 7) is 4.85. The number of aliphatic carboxylic acids is 1. The summed E-state index contributed by atoms with van der Waals surface area (Å²) in [5.41, 5.74) is 7.06. The van der Waals surface area contributed by atoms with Crippen LogP contribution in [0.25, 0.3) is 32.1 Å². The molecule has 0 atom stereocenters. The molecule has 0 saturated heterocycles. The minimum Gasteiger partial charge on any atom is -0.493 e. The van der Waals surface area contributed by atoms with Gasteiger partial charge < -0.3 is 9.84 Å². The van der Waals surface area contributed by atoms with Crippen molar-refractivity contribution in [2.45, 2.75) is 33.1 Å². The number of carboxylic acid groups (broad SMARTS) is 1. The van der Waals surface area contributed by atoms with Crippen molar-refractivity contribution in [1.82, 2.24) is 4.98 Å². The second kappa shape index (κ2) is 6.85. The Labute approximate surface area is 172 Å². The molecule has 146 valence electrons. The lowest BCUT2D eigenvalue weighted by atomic mass is 9.85. The average Bonchev–Trinajstić information content (AvgIpc) is 3.19. The Bertz CT molecular complexity index is 1290. The number of carboxylic acids is 1. The summed E-state index contributed by atoms with van der Waals surface area (Å²) in [7, 11) is 0. The molecular weight excluding hydrogens is 382 g/mol. The van der Waals surface area contributed by atoms with E-state index in [0.29, 0.717) is 0 Å². The lowest BCUT2D eigenvalue weighted by molar-refractivity contribution is -0.136. The van der Waals surface area contributed by atoms with Crippen molar-refractivity contribution >= 4 is 38.3 Å². The highest BCUT2D eigenvalue weighted by Gasteiger charge is 2.22. The van der Waals surface area contributed by atoms with E-state index in [9.17, 15) is 9.90 Å². The molecule has 0 amide bonds. The molecular formula is C24H21NO3S. The van der Waals surface area contributed by atoms with Gasteiger partial charge in [0.15, 0.2) is 0 Å². The number of thiophene rings is 1. The van der Waals surface area contributed by atoms with Gasteiger partial charge in [0, 0.05) is 17.0 Å². The Kier molecular flexibility index (Phi) is 4.28. The van der Waals surface area contributed by atoms with Crippen LogP contribution in [-0.4, -0.2) is 22.7 Å². The van der Waals surface area contributed by atoms with Crippen LogP contribution in [0.4, 0.5) is 0 Å². The number of aromatic nitrogens is 1. The second-order valence-electron chi connectivity index (χ2n) is 7.63. The third kappa shape index (κ3) is 2.88. The van der Waals surface area contributed by atoms with E-state index in [1.54, 1.807) is 11.3 Å². The number of ether oxygens (including phenoxy) is 1. The van der Waals surface area contributed by atoms with Crippen molar-refractivity contribution in [3.8, 4) is 16.9 Å². The number of nitrogens with zero attached hydrogens (tertiary/aromatic N) is 1. The Morgan fingerprint density at radius 2 is 2.10 bits per heavy atom. The van der Waals surface area contributed by atoms with Gasteiger partial charge in [-0.2, -0.15) is 0 Å². The summed E-state index contributed by atoms with van der Waals surface area (Å²) in [4.78, 5) is 16.4. The Balaban J connectivity index is 1.87. The molecule has 2 aromatic carbocycles. The average molecular weight is 404 g/mol. The molecule has 0 aliphatic carbocycles. The van der Waals surface area contributed by atoms with Crippen LogP contribution in [0.5, 0.6) is 5.75 Å². The van der Waals surface area contributed by atoms with Gasteiger partial charge in [-0.25, -0.2) is 0 Å². The number of hydrogen-bond donors (Lipinski definition) is 1. The van der Waals surface area contributed by atoms with Crippen LogP contribution in [-0.2, 0) is 17.6 Å². The molecule has 1 N–H and O–H groups in total. The molecule has 4 aromatic rings. The molecule has 2 aromatic heterocycles. The molecule has 1 aliphatic heterocycles. The van der Waals surface area contributed by atoms with Crippen molar-refractivity contribution in [2.75, 3.05) is 6.61 Å². The van der Waals surface area contributed by atoms with Crippen LogP contribution in [0.3, 0.4) is 0 Å². The fourth-order valence-electron chi connectivity index (χ4n) is 4.57. The lowest BCUT2D eigenvalue weighted by Crippen LogP contribution is -2.09. The van der Waals surface area contributed by atoms with E-state index in [4.69, 9.17) is 9.72 Å². The first-order chi connectivity index (χ1) is 14.0. The smallest absolute Gasteiger partial charge is 0.307 e. The molecule has 5 heteroatoms. The van der Waals surface area contributed by atoms with Gasteiger partial charge >= 0.3 is 5.97 Å². The molecule has 3 heterocycles. The second-order valence-corrected chi connectivity index (χ2v) is 8.58. The molecule has 0 unspecified atom stereocenters. The number of fused-ring (bicyclic) bond motifs is 4. The molecule has 0 radical (unpaired) electrons. The predicted molar refractivity (Wildman–Crippen MR) is 117 cm³/mol. The molecule has 0 saturated carbocycles. The monoisotopic (exact) mass is 403 g/mol. The molecule has 0 fully saturated rings. The number of benzene rings is 2. The minimum absolute atomic E-state index is 0.0190. The summed E-state index contributed by atoms with van der Waals surface area (Å²) in [6.07, 6.45) is 3.87. The van der Waals surface area contributed by atoms with E-state index in [2.05, 4.69) is 30.5 Å². The minimum atomic E-state index is -0.828. The molecule has 0 bridgehead atoms. The SMILES string of the molecule is Cc1c(CC(=O)O)c(-c2ccc3c(c2)CCCO3)c(C)c2c1ncc1sccc12. The quantitative estimate of drug-likeness (QED) is 0.478. The zero-order valence-corrected chi connectivity index (χ0v) is 17.2. The Morgan fingerprint density at radius 1 is 1.24 bits per heavy atom. The van der Waals surface area contributed by atoms with Crippen LogP contribution in [0, 0.1) is 13.8 Å². The van der Waals surface area contributed by atoms with E-state index in [-0.39, 0.29) is 6.42 Å². The fraction of sp³-hybridized carbons (Fsp3) is 0.250. The van der Waals surface area contributed by atoms with Crippen LogP contribution >= 0.6 is 11.3 Å². The summed E-state index contributed by atoms with van der Waals surface area (Å²) < 4.78 is 6.93. The Hall–Kier alpha value is -2.92. The zero-order valence-electron chi connectivity index (χ0n) is 16.4. The largest absolute Gasteiger partial charge is 0.493 e. The van der Waals surface area contributed by atoms with Crippen molar-refractivity contribution in [1.29, 1.82) is 0 Å². The third-order valence-corrected chi connectivity index (χ3v) is 6.75. The molecule has 29 heavy (non-hydrogen) atoms. The van der Waals surface area contributed by atoms with Gasteiger partial charge in [-0.1, -0.05) is 6.07 Å². The van der Waals surface area contributed by atoms with E-state index < -0.39 is 5.97 Å². The highest BCUT2D eigenvalue weighted by Crippen LogP contribution is 2.41. The molecule has 1 aliphatic rings. The standard InChI is InChI=1S/C24H21NO3S/c1-13-18(11-21(26)27)22(16-5-6-19-15(10-16)4-3-8-28-19)14(2)23-17-7-9-29-20(17)12-25-24(13)23/h5-7,9-10,12H,3-4,8,11H2,1-2H3,(H,26,27). The molecule has 0 spiro atoms. The molecule has 5 rings (SSSR count). The first-order valence-corrected chi connectivity index (χ1v) is 10.7. The Morgan fingerprint density at radius 3 is 2.93 bits per heavy atom. The highest BCUT2D eigenvalue weighted by atomic mass is 32.1. The number of hydrogen-bond acceptors (Lipinski definition) is 4. The van der Waals surface area contributed by atoms with Gasteiger partial charge in [-0.05, 0) is 83.6 Å². The van der Waals surface area contributed by atoms with Gasteiger partial charge in [0.1, 0.15) is 5.75 Å². The maximum atomic E-state index is 11.7. The maximum absolute atomic E-state index is 11.7. The first kappa shape index (κ1) is 18.1. The summed E-state index contributed by atoms with van der Waals surface area (Å²) in [5.74, 6) is 0.114. The predicted octanol–water partition coefficient (Wildman–Crippen LogP) is 5.69. The van der Waals surface area contributed by atoms with Crippen molar-refractivity contribution in [3.05, 3.63) is 58.1 Å². The summed E-state index contributed by atoms with van der Waals surface area (Å²) >= 11 is 1.68. The van der Waals surface area contributed by atoms with E-state index in [1.165, 1.54) is 10.9 Å². The number of carbonyl (C=O) groups is 1. The maximum Gasteiger partial charge on any atom is 0.307 e. The fourth-order valence-corrected chi connectivity index (χ4v) is 5.33. The van der Waals surface area contributed by atoms with Crippen molar-refractivity contribution in [3.63, 3.8) is 0 Å². The van der Waals surface area contributed by atoms with E-state index in [0.717, 1.165) is 68.6 Å². The van der Waals surface area contributed by atoms with Gasteiger partial charge in [0.2, 0.25) is 0 Å². The number of aryl methyl sites for hydroxylation is 3. The van der Waals surface area contributed by atoms with Crippen molar-refractivity contribution in [2.24, 2.45) is 0 Å².